The number of nitriles is 1. The van der Waals surface area contributed by atoms with Crippen LogP contribution in [0.5, 0.6) is 0 Å². The van der Waals surface area contributed by atoms with Crippen LogP contribution in [0.25, 0.3) is 0 Å². The zero-order valence-corrected chi connectivity index (χ0v) is 12.9. The third kappa shape index (κ3) is 3.85. The Balaban J connectivity index is 1.63. The molecule has 0 aliphatic carbocycles. The van der Waals surface area contributed by atoms with Gasteiger partial charge in [0.1, 0.15) is 5.82 Å². The molecule has 2 aromatic rings. The van der Waals surface area contributed by atoms with E-state index in [1.807, 2.05) is 18.2 Å². The quantitative estimate of drug-likeness (QED) is 0.943. The number of pyridine rings is 1. The Morgan fingerprint density at radius 3 is 2.87 bits per heavy atom. The zero-order valence-electron chi connectivity index (χ0n) is 12.9. The van der Waals surface area contributed by atoms with Crippen molar-refractivity contribution in [3.63, 3.8) is 0 Å². The summed E-state index contributed by atoms with van der Waals surface area (Å²) in [6.45, 7) is 2.40. The van der Waals surface area contributed by atoms with Crippen LogP contribution in [0.15, 0.2) is 42.7 Å². The number of rotatable bonds is 4. The molecule has 0 unspecified atom stereocenters. The lowest BCUT2D eigenvalue weighted by Crippen LogP contribution is -2.45. The fourth-order valence-corrected chi connectivity index (χ4v) is 2.96. The Morgan fingerprint density at radius 2 is 2.13 bits per heavy atom. The summed E-state index contributed by atoms with van der Waals surface area (Å²) in [4.78, 5) is 6.07. The summed E-state index contributed by atoms with van der Waals surface area (Å²) in [5, 5.41) is 12.4. The summed E-state index contributed by atoms with van der Waals surface area (Å²) in [6, 6.07) is 11.0. The SMILES string of the molecule is N#Cc1ccc(N2CCC[C@H](NCc3ccncc3)C2)c(F)c1. The fraction of sp³-hybridized carbons (Fsp3) is 0.333. The van der Waals surface area contributed by atoms with Crippen molar-refractivity contribution in [1.82, 2.24) is 10.3 Å². The van der Waals surface area contributed by atoms with Crippen LogP contribution < -0.4 is 10.2 Å². The molecule has 1 aliphatic rings. The first-order valence-electron chi connectivity index (χ1n) is 7.83. The molecule has 5 heteroatoms. The predicted molar refractivity (Wildman–Crippen MR) is 87.4 cm³/mol. The molecular formula is C18H19FN4. The van der Waals surface area contributed by atoms with E-state index in [1.165, 1.54) is 11.6 Å². The smallest absolute Gasteiger partial charge is 0.147 e. The second kappa shape index (κ2) is 7.21. The van der Waals surface area contributed by atoms with Gasteiger partial charge in [-0.15, -0.1) is 0 Å². The molecule has 1 aromatic carbocycles. The molecule has 0 amide bonds. The van der Waals surface area contributed by atoms with Gasteiger partial charge in [-0.05, 0) is 48.7 Å². The molecule has 2 heterocycles. The van der Waals surface area contributed by atoms with E-state index in [4.69, 9.17) is 5.26 Å². The van der Waals surface area contributed by atoms with Gasteiger partial charge in [0.15, 0.2) is 0 Å². The van der Waals surface area contributed by atoms with Crippen molar-refractivity contribution < 1.29 is 4.39 Å². The van der Waals surface area contributed by atoms with Gasteiger partial charge in [-0.3, -0.25) is 4.98 Å². The Labute approximate surface area is 135 Å². The first kappa shape index (κ1) is 15.4. The summed E-state index contributed by atoms with van der Waals surface area (Å²) in [6.07, 6.45) is 5.68. The maximum atomic E-state index is 14.2. The molecular weight excluding hydrogens is 291 g/mol. The second-order valence-electron chi connectivity index (χ2n) is 5.80. The van der Waals surface area contributed by atoms with E-state index in [1.54, 1.807) is 24.5 Å². The average molecular weight is 310 g/mol. The molecule has 1 aliphatic heterocycles. The highest BCUT2D eigenvalue weighted by atomic mass is 19.1. The van der Waals surface area contributed by atoms with Gasteiger partial charge in [-0.2, -0.15) is 5.26 Å². The lowest BCUT2D eigenvalue weighted by atomic mass is 10.0. The van der Waals surface area contributed by atoms with Crippen molar-refractivity contribution in [2.24, 2.45) is 0 Å². The summed E-state index contributed by atoms with van der Waals surface area (Å²) < 4.78 is 14.2. The van der Waals surface area contributed by atoms with Crippen LogP contribution in [0, 0.1) is 17.1 Å². The average Bonchev–Trinajstić information content (AvgIpc) is 2.61. The minimum absolute atomic E-state index is 0.321. The van der Waals surface area contributed by atoms with E-state index in [-0.39, 0.29) is 5.82 Å². The maximum Gasteiger partial charge on any atom is 0.147 e. The van der Waals surface area contributed by atoms with Gasteiger partial charge in [0.25, 0.3) is 0 Å². The standard InChI is InChI=1S/C18H19FN4/c19-17-10-15(11-20)3-4-18(17)23-9-1-2-16(13-23)22-12-14-5-7-21-8-6-14/h3-8,10,16,22H,1-2,9,12-13H2/t16-/m0/s1. The summed E-state index contributed by atoms with van der Waals surface area (Å²) in [5.41, 5.74) is 2.14. The Bertz CT molecular complexity index is 696. The summed E-state index contributed by atoms with van der Waals surface area (Å²) in [5.74, 6) is -0.321. The van der Waals surface area contributed by atoms with E-state index in [9.17, 15) is 4.39 Å². The van der Waals surface area contributed by atoms with Gasteiger partial charge in [0, 0.05) is 38.1 Å². The molecule has 1 fully saturated rings. The molecule has 0 radical (unpaired) electrons. The van der Waals surface area contributed by atoms with Crippen LogP contribution >= 0.6 is 0 Å². The molecule has 1 N–H and O–H groups in total. The Kier molecular flexibility index (Phi) is 4.84. The second-order valence-corrected chi connectivity index (χ2v) is 5.80. The number of anilines is 1. The number of halogens is 1. The van der Waals surface area contributed by atoms with Crippen LogP contribution in [0.1, 0.15) is 24.0 Å². The molecule has 23 heavy (non-hydrogen) atoms. The highest BCUT2D eigenvalue weighted by Gasteiger charge is 2.21. The van der Waals surface area contributed by atoms with Crippen molar-refractivity contribution in [1.29, 1.82) is 5.26 Å². The van der Waals surface area contributed by atoms with E-state index >= 15 is 0 Å². The van der Waals surface area contributed by atoms with Gasteiger partial charge >= 0.3 is 0 Å². The normalized spacial score (nSPS) is 17.7. The van der Waals surface area contributed by atoms with Gasteiger partial charge < -0.3 is 10.2 Å². The van der Waals surface area contributed by atoms with Crippen LogP contribution in [0.3, 0.4) is 0 Å². The molecule has 1 saturated heterocycles. The molecule has 0 saturated carbocycles. The Hall–Kier alpha value is -2.45. The van der Waals surface area contributed by atoms with Crippen LogP contribution in [-0.4, -0.2) is 24.1 Å². The minimum Gasteiger partial charge on any atom is -0.368 e. The molecule has 1 aromatic heterocycles. The van der Waals surface area contributed by atoms with Gasteiger partial charge in [-0.1, -0.05) is 0 Å². The number of nitrogens with one attached hydrogen (secondary N) is 1. The van der Waals surface area contributed by atoms with Crippen molar-refractivity contribution in [3.05, 3.63) is 59.7 Å². The van der Waals surface area contributed by atoms with E-state index in [0.717, 1.165) is 32.5 Å². The topological polar surface area (TPSA) is 52.0 Å². The van der Waals surface area contributed by atoms with Crippen molar-refractivity contribution in [3.8, 4) is 6.07 Å². The predicted octanol–water partition coefficient (Wildman–Crippen LogP) is 2.85. The molecule has 4 nitrogen and oxygen atoms in total. The van der Waals surface area contributed by atoms with E-state index in [2.05, 4.69) is 15.2 Å². The molecule has 0 spiro atoms. The molecule has 1 atom stereocenters. The van der Waals surface area contributed by atoms with E-state index in [0.29, 0.717) is 17.3 Å². The Morgan fingerprint density at radius 1 is 1.30 bits per heavy atom. The third-order valence-electron chi connectivity index (χ3n) is 4.18. The highest BCUT2D eigenvalue weighted by Crippen LogP contribution is 2.24. The van der Waals surface area contributed by atoms with Crippen molar-refractivity contribution in [2.45, 2.75) is 25.4 Å². The first-order chi connectivity index (χ1) is 11.3. The number of aromatic nitrogens is 1. The fourth-order valence-electron chi connectivity index (χ4n) is 2.96. The largest absolute Gasteiger partial charge is 0.368 e. The first-order valence-corrected chi connectivity index (χ1v) is 7.83. The number of nitrogens with zero attached hydrogens (tertiary/aromatic N) is 3. The van der Waals surface area contributed by atoms with Gasteiger partial charge in [0.2, 0.25) is 0 Å². The zero-order chi connectivity index (χ0) is 16.1. The number of benzene rings is 1. The third-order valence-corrected chi connectivity index (χ3v) is 4.18. The van der Waals surface area contributed by atoms with Crippen molar-refractivity contribution in [2.75, 3.05) is 18.0 Å². The van der Waals surface area contributed by atoms with Gasteiger partial charge in [0.05, 0.1) is 17.3 Å². The number of hydrogen-bond donors (Lipinski definition) is 1. The van der Waals surface area contributed by atoms with Crippen LogP contribution in [0.2, 0.25) is 0 Å². The molecule has 118 valence electrons. The molecule has 0 bridgehead atoms. The minimum atomic E-state index is -0.321. The van der Waals surface area contributed by atoms with E-state index < -0.39 is 0 Å². The monoisotopic (exact) mass is 310 g/mol. The lowest BCUT2D eigenvalue weighted by Gasteiger charge is -2.35. The van der Waals surface area contributed by atoms with Crippen LogP contribution in [-0.2, 0) is 6.54 Å². The summed E-state index contributed by atoms with van der Waals surface area (Å²) in [7, 11) is 0. The van der Waals surface area contributed by atoms with Crippen LogP contribution in [0.4, 0.5) is 10.1 Å². The number of piperidine rings is 1. The van der Waals surface area contributed by atoms with Crippen molar-refractivity contribution >= 4 is 5.69 Å². The highest BCUT2D eigenvalue weighted by molar-refractivity contribution is 5.51. The number of hydrogen-bond acceptors (Lipinski definition) is 4. The maximum absolute atomic E-state index is 14.2. The van der Waals surface area contributed by atoms with Gasteiger partial charge in [-0.25, -0.2) is 4.39 Å². The summed E-state index contributed by atoms with van der Waals surface area (Å²) >= 11 is 0. The molecule has 3 rings (SSSR count). The lowest BCUT2D eigenvalue weighted by molar-refractivity contribution is 0.418.